The highest BCUT2D eigenvalue weighted by atomic mass is 32.2. The van der Waals surface area contributed by atoms with Gasteiger partial charge in [-0.1, -0.05) is 30.0 Å². The number of carbonyl (C=O) groups is 1. The molecule has 1 fully saturated rings. The third kappa shape index (κ3) is 3.56. The van der Waals surface area contributed by atoms with E-state index < -0.39 is 5.60 Å². The molecular weight excluding hydrogens is 377 g/mol. The van der Waals surface area contributed by atoms with Crippen molar-refractivity contribution in [2.24, 2.45) is 0 Å². The predicted octanol–water partition coefficient (Wildman–Crippen LogP) is 4.27. The molecule has 0 radical (unpaired) electrons. The molecule has 148 valence electrons. The number of hydrogen-bond donors (Lipinski definition) is 1. The van der Waals surface area contributed by atoms with Crippen molar-refractivity contribution >= 4 is 23.4 Å². The number of carbonyl (C=O) groups excluding carboxylic acids is 1. The lowest BCUT2D eigenvalue weighted by atomic mass is 9.84. The summed E-state index contributed by atoms with van der Waals surface area (Å²) in [5.41, 5.74) is 1.53. The normalized spacial score (nSPS) is 24.9. The molecule has 0 saturated carbocycles. The quantitative estimate of drug-likeness (QED) is 0.834. The SMILES string of the molecule is C[C@H]1C[C@@](O)(c2cccc(Sc3c(F)ccc4c3N(C)C(=O)CC4)c2)CCO1. The van der Waals surface area contributed by atoms with Crippen molar-refractivity contribution in [3.8, 4) is 0 Å². The van der Waals surface area contributed by atoms with Crippen LogP contribution in [0.1, 0.15) is 37.3 Å². The molecule has 6 heteroatoms. The number of aryl methyl sites for hydroxylation is 1. The van der Waals surface area contributed by atoms with Crippen molar-refractivity contribution < 1.29 is 19.0 Å². The van der Waals surface area contributed by atoms with Gasteiger partial charge in [0, 0.05) is 31.2 Å². The zero-order valence-corrected chi connectivity index (χ0v) is 16.9. The Bertz CT molecular complexity index is 919. The molecule has 4 rings (SSSR count). The van der Waals surface area contributed by atoms with Gasteiger partial charge in [-0.3, -0.25) is 4.79 Å². The number of fused-ring (bicyclic) bond motifs is 1. The van der Waals surface area contributed by atoms with Crippen LogP contribution in [0.4, 0.5) is 10.1 Å². The van der Waals surface area contributed by atoms with Crippen molar-refractivity contribution in [2.45, 2.75) is 54.1 Å². The number of aliphatic hydroxyl groups is 1. The summed E-state index contributed by atoms with van der Waals surface area (Å²) in [6, 6.07) is 10.9. The van der Waals surface area contributed by atoms with E-state index in [4.69, 9.17) is 4.74 Å². The number of anilines is 1. The summed E-state index contributed by atoms with van der Waals surface area (Å²) in [5.74, 6) is -0.340. The monoisotopic (exact) mass is 401 g/mol. The minimum atomic E-state index is -0.935. The Morgan fingerprint density at radius 1 is 1.29 bits per heavy atom. The van der Waals surface area contributed by atoms with Gasteiger partial charge in [0.25, 0.3) is 0 Å². The number of rotatable bonds is 3. The lowest BCUT2D eigenvalue weighted by molar-refractivity contribution is -0.118. The van der Waals surface area contributed by atoms with E-state index >= 15 is 0 Å². The zero-order valence-electron chi connectivity index (χ0n) is 16.1. The van der Waals surface area contributed by atoms with Crippen LogP contribution < -0.4 is 4.90 Å². The molecule has 0 spiro atoms. The van der Waals surface area contributed by atoms with E-state index in [1.807, 2.05) is 31.2 Å². The van der Waals surface area contributed by atoms with Gasteiger partial charge in [0.05, 0.1) is 28.9 Å². The topological polar surface area (TPSA) is 49.8 Å². The fourth-order valence-electron chi connectivity index (χ4n) is 4.08. The molecular formula is C22H24FNO3S. The van der Waals surface area contributed by atoms with E-state index in [0.29, 0.717) is 42.9 Å². The Morgan fingerprint density at radius 2 is 2.11 bits per heavy atom. The van der Waals surface area contributed by atoms with Crippen LogP contribution in [0.5, 0.6) is 0 Å². The van der Waals surface area contributed by atoms with Crippen molar-refractivity contribution in [1.29, 1.82) is 0 Å². The number of hydrogen-bond acceptors (Lipinski definition) is 4. The molecule has 2 aromatic carbocycles. The van der Waals surface area contributed by atoms with Crippen LogP contribution in [0.3, 0.4) is 0 Å². The average Bonchev–Trinajstić information content (AvgIpc) is 2.67. The van der Waals surface area contributed by atoms with Gasteiger partial charge in [0.1, 0.15) is 5.82 Å². The maximum atomic E-state index is 14.7. The molecule has 1 saturated heterocycles. The molecule has 2 aliphatic rings. The molecule has 0 aliphatic carbocycles. The van der Waals surface area contributed by atoms with Crippen LogP contribution in [0.25, 0.3) is 0 Å². The van der Waals surface area contributed by atoms with E-state index in [0.717, 1.165) is 16.0 Å². The van der Waals surface area contributed by atoms with Crippen molar-refractivity contribution in [1.82, 2.24) is 0 Å². The molecule has 2 aromatic rings. The van der Waals surface area contributed by atoms with Crippen molar-refractivity contribution in [3.63, 3.8) is 0 Å². The van der Waals surface area contributed by atoms with E-state index in [-0.39, 0.29) is 17.8 Å². The molecule has 0 aromatic heterocycles. The Hall–Kier alpha value is -1.89. The summed E-state index contributed by atoms with van der Waals surface area (Å²) in [7, 11) is 1.70. The van der Waals surface area contributed by atoms with Crippen LogP contribution in [0, 0.1) is 5.82 Å². The second-order valence-electron chi connectivity index (χ2n) is 7.63. The highest BCUT2D eigenvalue weighted by Gasteiger charge is 2.35. The summed E-state index contributed by atoms with van der Waals surface area (Å²) >= 11 is 1.30. The van der Waals surface area contributed by atoms with Gasteiger partial charge >= 0.3 is 0 Å². The Balaban J connectivity index is 1.69. The second kappa shape index (κ2) is 7.50. The van der Waals surface area contributed by atoms with Gasteiger partial charge in [-0.05, 0) is 42.7 Å². The largest absolute Gasteiger partial charge is 0.385 e. The molecule has 0 bridgehead atoms. The highest BCUT2D eigenvalue weighted by molar-refractivity contribution is 7.99. The number of amides is 1. The number of nitrogens with zero attached hydrogens (tertiary/aromatic N) is 1. The number of halogens is 1. The van der Waals surface area contributed by atoms with Gasteiger partial charge in [0.2, 0.25) is 5.91 Å². The first-order valence-electron chi connectivity index (χ1n) is 9.58. The first kappa shape index (κ1) is 19.4. The van der Waals surface area contributed by atoms with Crippen molar-refractivity contribution in [3.05, 3.63) is 53.3 Å². The minimum absolute atomic E-state index is 0.000736. The van der Waals surface area contributed by atoms with Crippen LogP contribution in [-0.4, -0.2) is 30.8 Å². The first-order chi connectivity index (χ1) is 13.4. The molecule has 1 N–H and O–H groups in total. The summed E-state index contributed by atoms with van der Waals surface area (Å²) in [6.45, 7) is 2.48. The molecule has 28 heavy (non-hydrogen) atoms. The fraction of sp³-hybridized carbons (Fsp3) is 0.409. The molecule has 2 atom stereocenters. The fourth-order valence-corrected chi connectivity index (χ4v) is 5.18. The van der Waals surface area contributed by atoms with Gasteiger partial charge in [-0.2, -0.15) is 0 Å². The second-order valence-corrected chi connectivity index (χ2v) is 8.72. The van der Waals surface area contributed by atoms with Gasteiger partial charge < -0.3 is 14.7 Å². The zero-order chi connectivity index (χ0) is 19.9. The van der Waals surface area contributed by atoms with E-state index in [2.05, 4.69) is 0 Å². The van der Waals surface area contributed by atoms with E-state index in [9.17, 15) is 14.3 Å². The van der Waals surface area contributed by atoms with Gasteiger partial charge in [-0.15, -0.1) is 0 Å². The van der Waals surface area contributed by atoms with Crippen LogP contribution >= 0.6 is 11.8 Å². The number of benzene rings is 2. The number of ether oxygens (including phenoxy) is 1. The van der Waals surface area contributed by atoms with E-state index in [1.54, 1.807) is 18.0 Å². The maximum Gasteiger partial charge on any atom is 0.227 e. The third-order valence-electron chi connectivity index (χ3n) is 5.62. The summed E-state index contributed by atoms with van der Waals surface area (Å²) in [4.78, 5) is 15.0. The minimum Gasteiger partial charge on any atom is -0.385 e. The average molecular weight is 402 g/mol. The maximum absolute atomic E-state index is 14.7. The summed E-state index contributed by atoms with van der Waals surface area (Å²) in [6.07, 6.45) is 2.14. The lowest BCUT2D eigenvalue weighted by Gasteiger charge is -2.36. The smallest absolute Gasteiger partial charge is 0.227 e. The van der Waals surface area contributed by atoms with Crippen LogP contribution in [-0.2, 0) is 21.6 Å². The standard InChI is InChI=1S/C22H24FNO3S/c1-14-13-22(26,10-11-27-14)16-4-3-5-17(12-16)28-21-18(23)8-6-15-7-9-19(25)24(2)20(15)21/h3-6,8,12,14,26H,7,9-11,13H2,1-2H3/t14-,22+/m0/s1. The lowest BCUT2D eigenvalue weighted by Crippen LogP contribution is -2.37. The summed E-state index contributed by atoms with van der Waals surface area (Å²) < 4.78 is 20.3. The molecule has 0 unspecified atom stereocenters. The van der Waals surface area contributed by atoms with Gasteiger partial charge in [0.15, 0.2) is 0 Å². The van der Waals surface area contributed by atoms with Gasteiger partial charge in [-0.25, -0.2) is 4.39 Å². The predicted molar refractivity (Wildman–Crippen MR) is 107 cm³/mol. The van der Waals surface area contributed by atoms with E-state index in [1.165, 1.54) is 17.8 Å². The Morgan fingerprint density at radius 3 is 2.89 bits per heavy atom. The highest BCUT2D eigenvalue weighted by Crippen LogP contribution is 2.43. The van der Waals surface area contributed by atoms with Crippen LogP contribution in [0.15, 0.2) is 46.2 Å². The summed E-state index contributed by atoms with van der Waals surface area (Å²) in [5, 5.41) is 11.1. The first-order valence-corrected chi connectivity index (χ1v) is 10.4. The molecule has 2 heterocycles. The molecule has 4 nitrogen and oxygen atoms in total. The Kier molecular flexibility index (Phi) is 5.21. The Labute approximate surface area is 168 Å². The molecule has 2 aliphatic heterocycles. The van der Waals surface area contributed by atoms with Crippen LogP contribution in [0.2, 0.25) is 0 Å². The molecule has 1 amide bonds. The third-order valence-corrected chi connectivity index (χ3v) is 6.70. The van der Waals surface area contributed by atoms with Crippen molar-refractivity contribution in [2.75, 3.05) is 18.6 Å².